The van der Waals surface area contributed by atoms with E-state index in [1.54, 1.807) is 27.7 Å². The number of rotatable bonds is 2. The first kappa shape index (κ1) is 12.6. The second kappa shape index (κ2) is 4.60. The van der Waals surface area contributed by atoms with E-state index in [4.69, 9.17) is 4.74 Å². The van der Waals surface area contributed by atoms with Gasteiger partial charge in [-0.05, 0) is 33.8 Å². The summed E-state index contributed by atoms with van der Waals surface area (Å²) in [5, 5.41) is 0. The number of halogens is 1. The SMILES string of the molecule is CC(C(=O)OC(C)(C)C)c1ccncc1F. The quantitative estimate of drug-likeness (QED) is 0.726. The van der Waals surface area contributed by atoms with Crippen molar-refractivity contribution in [1.29, 1.82) is 0 Å². The molecule has 1 aromatic rings. The van der Waals surface area contributed by atoms with E-state index in [9.17, 15) is 9.18 Å². The van der Waals surface area contributed by atoms with Gasteiger partial charge in [0.1, 0.15) is 11.4 Å². The van der Waals surface area contributed by atoms with Crippen molar-refractivity contribution in [2.24, 2.45) is 0 Å². The van der Waals surface area contributed by atoms with Crippen LogP contribution in [0.4, 0.5) is 4.39 Å². The Morgan fingerprint density at radius 2 is 2.12 bits per heavy atom. The third-order valence-electron chi connectivity index (χ3n) is 2.03. The van der Waals surface area contributed by atoms with E-state index in [-0.39, 0.29) is 0 Å². The van der Waals surface area contributed by atoms with Crippen LogP contribution >= 0.6 is 0 Å². The molecule has 3 nitrogen and oxygen atoms in total. The van der Waals surface area contributed by atoms with Crippen LogP contribution in [0.15, 0.2) is 18.5 Å². The summed E-state index contributed by atoms with van der Waals surface area (Å²) in [5.41, 5.74) is -0.251. The maximum atomic E-state index is 13.4. The molecular weight excluding hydrogens is 209 g/mol. The highest BCUT2D eigenvalue weighted by atomic mass is 19.1. The van der Waals surface area contributed by atoms with E-state index in [2.05, 4.69) is 4.98 Å². The molecule has 0 N–H and O–H groups in total. The van der Waals surface area contributed by atoms with Crippen molar-refractivity contribution in [3.05, 3.63) is 29.8 Å². The smallest absolute Gasteiger partial charge is 0.313 e. The lowest BCUT2D eigenvalue weighted by atomic mass is 10.0. The third kappa shape index (κ3) is 3.29. The second-order valence-corrected chi connectivity index (χ2v) is 4.65. The van der Waals surface area contributed by atoms with E-state index in [0.29, 0.717) is 5.56 Å². The third-order valence-corrected chi connectivity index (χ3v) is 2.03. The van der Waals surface area contributed by atoms with E-state index >= 15 is 0 Å². The number of ether oxygens (including phenoxy) is 1. The molecule has 1 aromatic heterocycles. The van der Waals surface area contributed by atoms with Gasteiger partial charge in [-0.1, -0.05) is 0 Å². The van der Waals surface area contributed by atoms with Crippen LogP contribution in [0.25, 0.3) is 0 Å². The van der Waals surface area contributed by atoms with Crippen LogP contribution in [0.3, 0.4) is 0 Å². The molecule has 1 unspecified atom stereocenters. The predicted octanol–water partition coefficient (Wildman–Crippen LogP) is 2.67. The van der Waals surface area contributed by atoms with Gasteiger partial charge in [0.2, 0.25) is 0 Å². The van der Waals surface area contributed by atoms with Crippen LogP contribution in [-0.4, -0.2) is 16.6 Å². The molecule has 0 aliphatic rings. The Morgan fingerprint density at radius 1 is 1.50 bits per heavy atom. The minimum atomic E-state index is -0.623. The van der Waals surface area contributed by atoms with Gasteiger partial charge in [-0.2, -0.15) is 0 Å². The Morgan fingerprint density at radius 3 is 2.62 bits per heavy atom. The highest BCUT2D eigenvalue weighted by Crippen LogP contribution is 2.21. The van der Waals surface area contributed by atoms with Gasteiger partial charge in [-0.15, -0.1) is 0 Å². The first-order valence-electron chi connectivity index (χ1n) is 5.13. The number of pyridine rings is 1. The standard InChI is InChI=1S/C12H16FNO2/c1-8(11(15)16-12(2,3)4)9-5-6-14-7-10(9)13/h5-8H,1-4H3. The molecule has 1 atom stereocenters. The molecular formula is C12H16FNO2. The van der Waals surface area contributed by atoms with Crippen LogP contribution in [-0.2, 0) is 9.53 Å². The first-order valence-corrected chi connectivity index (χ1v) is 5.13. The zero-order valence-corrected chi connectivity index (χ0v) is 9.95. The Hall–Kier alpha value is -1.45. The zero-order valence-electron chi connectivity index (χ0n) is 9.95. The summed E-state index contributed by atoms with van der Waals surface area (Å²) in [6.07, 6.45) is 2.55. The van der Waals surface area contributed by atoms with Gasteiger partial charge in [-0.3, -0.25) is 9.78 Å². The van der Waals surface area contributed by atoms with Crippen LogP contribution in [0.5, 0.6) is 0 Å². The molecule has 0 radical (unpaired) electrons. The molecule has 0 spiro atoms. The summed E-state index contributed by atoms with van der Waals surface area (Å²) in [6.45, 7) is 6.95. The van der Waals surface area contributed by atoms with E-state index in [1.807, 2.05) is 0 Å². The summed E-state index contributed by atoms with van der Waals surface area (Å²) < 4.78 is 18.5. The minimum Gasteiger partial charge on any atom is -0.460 e. The number of aromatic nitrogens is 1. The van der Waals surface area contributed by atoms with Crippen LogP contribution in [0, 0.1) is 5.82 Å². The molecule has 0 aromatic carbocycles. The average Bonchev–Trinajstić information content (AvgIpc) is 2.15. The number of carbonyl (C=O) groups is 1. The van der Waals surface area contributed by atoms with Crippen molar-refractivity contribution < 1.29 is 13.9 Å². The van der Waals surface area contributed by atoms with Crippen LogP contribution in [0.2, 0.25) is 0 Å². The van der Waals surface area contributed by atoms with Crippen molar-refractivity contribution in [3.63, 3.8) is 0 Å². The molecule has 88 valence electrons. The second-order valence-electron chi connectivity index (χ2n) is 4.65. The molecule has 0 saturated carbocycles. The molecule has 1 heterocycles. The fraction of sp³-hybridized carbons (Fsp3) is 0.500. The van der Waals surface area contributed by atoms with Gasteiger partial charge in [0.25, 0.3) is 0 Å². The summed E-state index contributed by atoms with van der Waals surface area (Å²) in [7, 11) is 0. The zero-order chi connectivity index (χ0) is 12.3. The van der Waals surface area contributed by atoms with Crippen molar-refractivity contribution in [2.45, 2.75) is 39.2 Å². The van der Waals surface area contributed by atoms with Gasteiger partial charge >= 0.3 is 5.97 Å². The Kier molecular flexibility index (Phi) is 3.62. The molecule has 0 bridgehead atoms. The van der Waals surface area contributed by atoms with Gasteiger partial charge in [0.15, 0.2) is 0 Å². The maximum absolute atomic E-state index is 13.4. The Bertz CT molecular complexity index is 385. The van der Waals surface area contributed by atoms with Crippen molar-refractivity contribution >= 4 is 5.97 Å². The highest BCUT2D eigenvalue weighted by molar-refractivity contribution is 5.78. The molecule has 0 aliphatic carbocycles. The molecule has 0 fully saturated rings. The number of carbonyl (C=O) groups excluding carboxylic acids is 1. The van der Waals surface area contributed by atoms with Crippen LogP contribution < -0.4 is 0 Å². The Balaban J connectivity index is 2.83. The van der Waals surface area contributed by atoms with Crippen molar-refractivity contribution in [2.75, 3.05) is 0 Å². The van der Waals surface area contributed by atoms with Gasteiger partial charge in [0, 0.05) is 11.8 Å². The summed E-state index contributed by atoms with van der Waals surface area (Å²) in [4.78, 5) is 15.3. The molecule has 1 rings (SSSR count). The molecule has 4 heteroatoms. The van der Waals surface area contributed by atoms with E-state index in [0.717, 1.165) is 6.20 Å². The average molecular weight is 225 g/mol. The van der Waals surface area contributed by atoms with Gasteiger partial charge in [0.05, 0.1) is 12.1 Å². The number of hydrogen-bond acceptors (Lipinski definition) is 3. The van der Waals surface area contributed by atoms with E-state index < -0.39 is 23.3 Å². The number of nitrogens with zero attached hydrogens (tertiary/aromatic N) is 1. The molecule has 0 aliphatic heterocycles. The fourth-order valence-electron chi connectivity index (χ4n) is 1.25. The normalized spacial score (nSPS) is 13.3. The predicted molar refractivity (Wildman–Crippen MR) is 58.5 cm³/mol. The molecule has 0 saturated heterocycles. The molecule has 16 heavy (non-hydrogen) atoms. The van der Waals surface area contributed by atoms with Gasteiger partial charge in [-0.25, -0.2) is 4.39 Å². The first-order chi connectivity index (χ1) is 7.31. The topological polar surface area (TPSA) is 39.2 Å². The summed E-state index contributed by atoms with van der Waals surface area (Å²) in [5.74, 6) is -1.54. The summed E-state index contributed by atoms with van der Waals surface area (Å²) >= 11 is 0. The summed E-state index contributed by atoms with van der Waals surface area (Å²) in [6, 6.07) is 1.49. The van der Waals surface area contributed by atoms with E-state index in [1.165, 1.54) is 12.3 Å². The lowest BCUT2D eigenvalue weighted by molar-refractivity contribution is -0.156. The lowest BCUT2D eigenvalue weighted by Gasteiger charge is -2.22. The highest BCUT2D eigenvalue weighted by Gasteiger charge is 2.24. The van der Waals surface area contributed by atoms with Crippen LogP contribution in [0.1, 0.15) is 39.2 Å². The number of hydrogen-bond donors (Lipinski definition) is 0. The minimum absolute atomic E-state index is 0.309. The van der Waals surface area contributed by atoms with Gasteiger partial charge < -0.3 is 4.74 Å². The maximum Gasteiger partial charge on any atom is 0.313 e. The largest absolute Gasteiger partial charge is 0.460 e. The number of esters is 1. The van der Waals surface area contributed by atoms with Crippen molar-refractivity contribution in [1.82, 2.24) is 4.98 Å². The molecule has 0 amide bonds. The lowest BCUT2D eigenvalue weighted by Crippen LogP contribution is -2.27. The van der Waals surface area contributed by atoms with Crippen molar-refractivity contribution in [3.8, 4) is 0 Å². The fourth-order valence-corrected chi connectivity index (χ4v) is 1.25. The Labute approximate surface area is 94.6 Å². The monoisotopic (exact) mass is 225 g/mol.